The number of carbonyl (C=O) groups is 1. The number of nitrogens with zero attached hydrogens (tertiary/aromatic N) is 1. The lowest BCUT2D eigenvalue weighted by Gasteiger charge is -1.99. The molecule has 0 fully saturated rings. The van der Waals surface area contributed by atoms with Crippen LogP contribution in [-0.4, -0.2) is 11.1 Å². The number of hydrogen-bond acceptors (Lipinski definition) is 1. The Kier molecular flexibility index (Phi) is 1.93. The Labute approximate surface area is 81.2 Å². The van der Waals surface area contributed by atoms with Crippen LogP contribution in [0, 0.1) is 0 Å². The summed E-state index contributed by atoms with van der Waals surface area (Å²) < 4.78 is 1.90. The van der Waals surface area contributed by atoms with Gasteiger partial charge in [0.2, 0.25) is 5.52 Å². The molecule has 2 aromatic rings. The minimum atomic E-state index is -0.887. The number of carboxylic acids is 1. The van der Waals surface area contributed by atoms with Crippen molar-refractivity contribution in [1.82, 2.24) is 0 Å². The summed E-state index contributed by atoms with van der Waals surface area (Å²) in [6.45, 7) is 0. The van der Waals surface area contributed by atoms with Crippen molar-refractivity contribution in [3.8, 4) is 0 Å². The van der Waals surface area contributed by atoms with Crippen LogP contribution in [0.2, 0.25) is 0 Å². The minimum Gasteiger partial charge on any atom is -0.478 e. The van der Waals surface area contributed by atoms with Crippen LogP contribution in [0.25, 0.3) is 10.9 Å². The van der Waals surface area contributed by atoms with Crippen molar-refractivity contribution in [2.45, 2.75) is 0 Å². The van der Waals surface area contributed by atoms with E-state index in [1.54, 1.807) is 12.1 Å². The highest BCUT2D eigenvalue weighted by atomic mass is 16.4. The minimum absolute atomic E-state index is 0.346. The molecule has 0 amide bonds. The van der Waals surface area contributed by atoms with Gasteiger partial charge in [-0.2, -0.15) is 0 Å². The number of aromatic carboxylic acids is 1. The molecular weight excluding hydrogens is 178 g/mol. The lowest BCUT2D eigenvalue weighted by Crippen LogP contribution is -2.28. The first-order valence-corrected chi connectivity index (χ1v) is 4.31. The maximum absolute atomic E-state index is 10.9. The van der Waals surface area contributed by atoms with Crippen molar-refractivity contribution < 1.29 is 14.5 Å². The monoisotopic (exact) mass is 188 g/mol. The first-order valence-electron chi connectivity index (χ1n) is 4.31. The maximum atomic E-state index is 10.9. The smallest absolute Gasteiger partial charge is 0.336 e. The zero-order valence-electron chi connectivity index (χ0n) is 7.77. The van der Waals surface area contributed by atoms with E-state index >= 15 is 0 Å². The highest BCUT2D eigenvalue weighted by Crippen LogP contribution is 2.14. The molecule has 3 nitrogen and oxygen atoms in total. The summed E-state index contributed by atoms with van der Waals surface area (Å²) in [7, 11) is 1.90. The molecule has 1 aromatic heterocycles. The third-order valence-corrected chi connectivity index (χ3v) is 2.27. The summed E-state index contributed by atoms with van der Waals surface area (Å²) >= 11 is 0. The fraction of sp³-hybridized carbons (Fsp3) is 0.0909. The van der Waals surface area contributed by atoms with E-state index in [4.69, 9.17) is 5.11 Å². The van der Waals surface area contributed by atoms with Gasteiger partial charge in [-0.25, -0.2) is 9.36 Å². The molecule has 0 spiro atoms. The molecule has 0 aliphatic rings. The van der Waals surface area contributed by atoms with Crippen LogP contribution in [0.4, 0.5) is 0 Å². The lowest BCUT2D eigenvalue weighted by atomic mass is 10.1. The van der Waals surface area contributed by atoms with E-state index in [1.165, 1.54) is 0 Å². The van der Waals surface area contributed by atoms with Crippen LogP contribution in [-0.2, 0) is 7.05 Å². The van der Waals surface area contributed by atoms with Crippen LogP contribution < -0.4 is 4.57 Å². The standard InChI is InChI=1S/C11H9NO2/c1-12-7-3-5-8-9(11(13)14)4-2-6-10(8)12/h2-7H,1H3/p+1. The van der Waals surface area contributed by atoms with Crippen molar-refractivity contribution in [2.75, 3.05) is 0 Å². The molecule has 0 saturated heterocycles. The predicted molar refractivity (Wildman–Crippen MR) is 52.1 cm³/mol. The van der Waals surface area contributed by atoms with E-state index in [0.29, 0.717) is 5.56 Å². The lowest BCUT2D eigenvalue weighted by molar-refractivity contribution is -0.644. The number of aromatic nitrogens is 1. The Balaban J connectivity index is 2.88. The van der Waals surface area contributed by atoms with Crippen molar-refractivity contribution in [3.05, 3.63) is 42.1 Å². The predicted octanol–water partition coefficient (Wildman–Crippen LogP) is 1.36. The zero-order valence-corrected chi connectivity index (χ0v) is 7.77. The van der Waals surface area contributed by atoms with Crippen LogP contribution >= 0.6 is 0 Å². The topological polar surface area (TPSA) is 41.2 Å². The van der Waals surface area contributed by atoms with Crippen molar-refractivity contribution in [3.63, 3.8) is 0 Å². The van der Waals surface area contributed by atoms with Gasteiger partial charge in [-0.1, -0.05) is 6.07 Å². The molecule has 0 atom stereocenters. The Morgan fingerprint density at radius 1 is 1.29 bits per heavy atom. The normalized spacial score (nSPS) is 10.4. The van der Waals surface area contributed by atoms with Crippen LogP contribution in [0.15, 0.2) is 36.5 Å². The Morgan fingerprint density at radius 3 is 2.79 bits per heavy atom. The molecule has 0 bridgehead atoms. The molecule has 3 heteroatoms. The third kappa shape index (κ3) is 1.23. The fourth-order valence-corrected chi connectivity index (χ4v) is 1.57. The highest BCUT2D eigenvalue weighted by Gasteiger charge is 2.11. The second-order valence-electron chi connectivity index (χ2n) is 3.16. The summed E-state index contributed by atoms with van der Waals surface area (Å²) in [5.41, 5.74) is 1.27. The summed E-state index contributed by atoms with van der Waals surface area (Å²) in [6.07, 6.45) is 1.90. The van der Waals surface area contributed by atoms with E-state index in [1.807, 2.05) is 36.0 Å². The average Bonchev–Trinajstić information content (AvgIpc) is 2.17. The third-order valence-electron chi connectivity index (χ3n) is 2.27. The number of pyridine rings is 1. The second kappa shape index (κ2) is 3.10. The molecule has 1 aromatic carbocycles. The van der Waals surface area contributed by atoms with Crippen molar-refractivity contribution in [2.24, 2.45) is 7.05 Å². The van der Waals surface area contributed by atoms with E-state index in [0.717, 1.165) is 10.9 Å². The molecule has 0 radical (unpaired) electrons. The SMILES string of the molecule is C[n+]1cccc2c(C(=O)O)cccc21. The van der Waals surface area contributed by atoms with E-state index in [-0.39, 0.29) is 0 Å². The summed E-state index contributed by atoms with van der Waals surface area (Å²) in [6, 6.07) is 8.94. The van der Waals surface area contributed by atoms with E-state index < -0.39 is 5.97 Å². The summed E-state index contributed by atoms with van der Waals surface area (Å²) in [5.74, 6) is -0.887. The Bertz CT molecular complexity index is 506. The van der Waals surface area contributed by atoms with E-state index in [2.05, 4.69) is 0 Å². The Hall–Kier alpha value is -1.90. The quantitative estimate of drug-likeness (QED) is 0.686. The molecule has 0 unspecified atom stereocenters. The number of hydrogen-bond donors (Lipinski definition) is 1. The highest BCUT2D eigenvalue weighted by molar-refractivity contribution is 6.01. The van der Waals surface area contributed by atoms with Gasteiger partial charge in [0.25, 0.3) is 0 Å². The van der Waals surface area contributed by atoms with Crippen LogP contribution in [0.5, 0.6) is 0 Å². The summed E-state index contributed by atoms with van der Waals surface area (Å²) in [4.78, 5) is 10.9. The first kappa shape index (κ1) is 8.69. The molecule has 0 aliphatic carbocycles. The number of fused-ring (bicyclic) bond motifs is 1. The molecule has 0 saturated carbocycles. The summed E-state index contributed by atoms with van der Waals surface area (Å²) in [5, 5.41) is 9.73. The van der Waals surface area contributed by atoms with Crippen LogP contribution in [0.3, 0.4) is 0 Å². The van der Waals surface area contributed by atoms with Gasteiger partial charge >= 0.3 is 5.97 Å². The second-order valence-corrected chi connectivity index (χ2v) is 3.16. The van der Waals surface area contributed by atoms with Gasteiger partial charge in [0.05, 0.1) is 10.9 Å². The molecule has 1 heterocycles. The fourth-order valence-electron chi connectivity index (χ4n) is 1.57. The molecular formula is C11H10NO2+. The van der Waals surface area contributed by atoms with Gasteiger partial charge in [-0.15, -0.1) is 0 Å². The maximum Gasteiger partial charge on any atom is 0.336 e. The Morgan fingerprint density at radius 2 is 2.07 bits per heavy atom. The van der Waals surface area contributed by atoms with Gasteiger partial charge in [-0.05, 0) is 12.1 Å². The largest absolute Gasteiger partial charge is 0.478 e. The van der Waals surface area contributed by atoms with E-state index in [9.17, 15) is 4.79 Å². The number of benzene rings is 1. The first-order chi connectivity index (χ1) is 6.70. The van der Waals surface area contributed by atoms with Gasteiger partial charge in [0.1, 0.15) is 7.05 Å². The van der Waals surface area contributed by atoms with Gasteiger partial charge in [0.15, 0.2) is 6.20 Å². The van der Waals surface area contributed by atoms with Gasteiger partial charge in [0, 0.05) is 12.1 Å². The number of carboxylic acid groups (broad SMARTS) is 1. The number of rotatable bonds is 1. The molecule has 70 valence electrons. The van der Waals surface area contributed by atoms with Crippen LogP contribution in [0.1, 0.15) is 10.4 Å². The number of aryl methyl sites for hydroxylation is 1. The molecule has 2 rings (SSSR count). The van der Waals surface area contributed by atoms with Gasteiger partial charge < -0.3 is 5.11 Å². The molecule has 1 N–H and O–H groups in total. The van der Waals surface area contributed by atoms with Gasteiger partial charge in [-0.3, -0.25) is 0 Å². The van der Waals surface area contributed by atoms with Crippen molar-refractivity contribution >= 4 is 16.9 Å². The average molecular weight is 188 g/mol. The molecule has 14 heavy (non-hydrogen) atoms. The molecule has 0 aliphatic heterocycles. The zero-order chi connectivity index (χ0) is 10.1. The van der Waals surface area contributed by atoms with Crippen molar-refractivity contribution in [1.29, 1.82) is 0 Å².